The van der Waals surface area contributed by atoms with Crippen molar-refractivity contribution in [1.82, 2.24) is 9.91 Å². The molecule has 33 heavy (non-hydrogen) atoms. The highest BCUT2D eigenvalue weighted by Gasteiger charge is 2.53. The zero-order valence-electron chi connectivity index (χ0n) is 19.6. The van der Waals surface area contributed by atoms with E-state index in [9.17, 15) is 0 Å². The fourth-order valence-corrected chi connectivity index (χ4v) is 6.35. The van der Waals surface area contributed by atoms with Crippen molar-refractivity contribution in [3.05, 3.63) is 114 Å². The molecular formula is C28H31N3OSi. The molecule has 2 aliphatic heterocycles. The van der Waals surface area contributed by atoms with Gasteiger partial charge in [-0.1, -0.05) is 91.0 Å². The van der Waals surface area contributed by atoms with Crippen LogP contribution in [0.1, 0.15) is 29.5 Å². The van der Waals surface area contributed by atoms with Crippen molar-refractivity contribution >= 4 is 14.2 Å². The van der Waals surface area contributed by atoms with Crippen LogP contribution in [0.15, 0.2) is 96.1 Å². The summed E-state index contributed by atoms with van der Waals surface area (Å²) in [4.78, 5) is 2.25. The molecule has 1 saturated heterocycles. The SMILES string of the molecule is C[Si](C)(C)OC(c1ccccc1)(c1ccccc1)[C@@H]1CCC2=NN(Cc3ccccc3)[C]N21. The van der Waals surface area contributed by atoms with Gasteiger partial charge in [0.15, 0.2) is 8.32 Å². The van der Waals surface area contributed by atoms with E-state index in [-0.39, 0.29) is 6.04 Å². The summed E-state index contributed by atoms with van der Waals surface area (Å²) < 4.78 is 7.23. The number of benzene rings is 3. The van der Waals surface area contributed by atoms with Crippen LogP contribution >= 0.6 is 0 Å². The number of amidine groups is 1. The Balaban J connectivity index is 1.56. The summed E-state index contributed by atoms with van der Waals surface area (Å²) in [6, 6.07) is 32.0. The zero-order valence-corrected chi connectivity index (χ0v) is 20.6. The molecule has 0 amide bonds. The van der Waals surface area contributed by atoms with Gasteiger partial charge in [-0.2, -0.15) is 5.10 Å². The van der Waals surface area contributed by atoms with Crippen molar-refractivity contribution in [3.63, 3.8) is 0 Å². The van der Waals surface area contributed by atoms with E-state index < -0.39 is 13.9 Å². The normalized spacial score (nSPS) is 18.4. The average Bonchev–Trinajstić information content (AvgIpc) is 3.39. The topological polar surface area (TPSA) is 28.1 Å². The maximum atomic E-state index is 7.23. The maximum absolute atomic E-state index is 7.23. The Morgan fingerprint density at radius 3 is 1.97 bits per heavy atom. The van der Waals surface area contributed by atoms with Gasteiger partial charge in [-0.15, -0.1) is 0 Å². The van der Waals surface area contributed by atoms with E-state index in [1.807, 2.05) is 11.1 Å². The highest BCUT2D eigenvalue weighted by atomic mass is 28.4. The van der Waals surface area contributed by atoms with Crippen LogP contribution in [0.3, 0.4) is 0 Å². The van der Waals surface area contributed by atoms with Crippen LogP contribution in [0.5, 0.6) is 0 Å². The van der Waals surface area contributed by atoms with Gasteiger partial charge in [0, 0.05) is 6.42 Å². The maximum Gasteiger partial charge on any atom is 0.227 e. The molecule has 168 valence electrons. The van der Waals surface area contributed by atoms with E-state index in [1.54, 1.807) is 0 Å². The zero-order chi connectivity index (χ0) is 22.9. The van der Waals surface area contributed by atoms with Gasteiger partial charge in [-0.25, -0.2) is 0 Å². The molecule has 2 aliphatic rings. The van der Waals surface area contributed by atoms with Crippen molar-refractivity contribution in [2.45, 2.75) is 50.7 Å². The molecule has 2 heterocycles. The first-order valence-electron chi connectivity index (χ1n) is 11.7. The molecule has 5 heteroatoms. The lowest BCUT2D eigenvalue weighted by Gasteiger charge is -2.46. The van der Waals surface area contributed by atoms with Crippen LogP contribution in [0, 0.1) is 6.67 Å². The summed E-state index contributed by atoms with van der Waals surface area (Å²) in [5.41, 5.74) is 3.00. The Morgan fingerprint density at radius 1 is 0.879 bits per heavy atom. The van der Waals surface area contributed by atoms with Gasteiger partial charge in [0.05, 0.1) is 12.6 Å². The molecule has 1 fully saturated rings. The minimum Gasteiger partial charge on any atom is -0.402 e. The standard InChI is InChI=1S/C28H31N3OSi/c1-33(2,3)32-28(24-15-9-5-10-16-24,25-17-11-6-12-18-25)26-19-20-27-29-30(22-31(26)27)21-23-13-7-4-8-14-23/h4-18,26H,19-21H2,1-3H3/t26-/m0/s1. The summed E-state index contributed by atoms with van der Waals surface area (Å²) in [7, 11) is -1.96. The van der Waals surface area contributed by atoms with E-state index in [0.717, 1.165) is 18.7 Å². The van der Waals surface area contributed by atoms with Crippen LogP contribution in [-0.2, 0) is 16.6 Å². The molecule has 0 aromatic heterocycles. The highest BCUT2D eigenvalue weighted by Crippen LogP contribution is 2.47. The van der Waals surface area contributed by atoms with Crippen molar-refractivity contribution in [1.29, 1.82) is 0 Å². The summed E-state index contributed by atoms with van der Waals surface area (Å²) >= 11 is 0. The molecule has 0 saturated carbocycles. The first-order valence-corrected chi connectivity index (χ1v) is 15.1. The van der Waals surface area contributed by atoms with E-state index in [0.29, 0.717) is 6.54 Å². The Kier molecular flexibility index (Phi) is 5.85. The molecule has 0 unspecified atom stereocenters. The van der Waals surface area contributed by atoms with E-state index in [1.165, 1.54) is 16.7 Å². The number of hydrogen-bond donors (Lipinski definition) is 0. The van der Waals surface area contributed by atoms with Crippen LogP contribution in [0.25, 0.3) is 0 Å². The first kappa shape index (κ1) is 21.9. The molecule has 3 aromatic carbocycles. The number of rotatable bonds is 7. The van der Waals surface area contributed by atoms with Gasteiger partial charge in [0.25, 0.3) is 0 Å². The smallest absolute Gasteiger partial charge is 0.227 e. The van der Waals surface area contributed by atoms with Gasteiger partial charge < -0.3 is 9.33 Å². The van der Waals surface area contributed by atoms with Gasteiger partial charge in [-0.05, 0) is 42.8 Å². The second-order valence-corrected chi connectivity index (χ2v) is 14.2. The van der Waals surface area contributed by atoms with Gasteiger partial charge >= 0.3 is 0 Å². The minimum absolute atomic E-state index is 0.0774. The summed E-state index contributed by atoms with van der Waals surface area (Å²) in [6.07, 6.45) is 1.89. The Hall–Kier alpha value is -2.89. The highest BCUT2D eigenvalue weighted by molar-refractivity contribution is 6.69. The van der Waals surface area contributed by atoms with Crippen molar-refractivity contribution < 1.29 is 4.43 Å². The fraction of sp³-hybridized carbons (Fsp3) is 0.286. The predicted molar refractivity (Wildman–Crippen MR) is 136 cm³/mol. The molecule has 1 atom stereocenters. The van der Waals surface area contributed by atoms with Crippen LogP contribution in [0.2, 0.25) is 19.6 Å². The Morgan fingerprint density at radius 2 is 1.42 bits per heavy atom. The van der Waals surface area contributed by atoms with E-state index in [4.69, 9.17) is 9.53 Å². The third-order valence-corrected chi connectivity index (χ3v) is 7.14. The minimum atomic E-state index is -1.96. The molecule has 5 rings (SSSR count). The van der Waals surface area contributed by atoms with E-state index >= 15 is 0 Å². The monoisotopic (exact) mass is 453 g/mol. The second-order valence-electron chi connectivity index (χ2n) is 9.77. The lowest BCUT2D eigenvalue weighted by molar-refractivity contribution is 0.0287. The predicted octanol–water partition coefficient (Wildman–Crippen LogP) is 6.07. The fourth-order valence-electron chi connectivity index (χ4n) is 5.01. The molecule has 0 spiro atoms. The number of nitrogens with zero attached hydrogens (tertiary/aromatic N) is 3. The van der Waals surface area contributed by atoms with Crippen molar-refractivity contribution in [2.24, 2.45) is 5.10 Å². The Labute approximate surface area is 198 Å². The molecule has 3 aromatic rings. The molecule has 0 aliphatic carbocycles. The summed E-state index contributed by atoms with van der Waals surface area (Å²) in [5, 5.41) is 6.86. The molecule has 0 bridgehead atoms. The average molecular weight is 454 g/mol. The van der Waals surface area contributed by atoms with Gasteiger partial charge in [0.1, 0.15) is 11.4 Å². The van der Waals surface area contributed by atoms with Gasteiger partial charge in [-0.3, -0.25) is 5.01 Å². The lowest BCUT2D eigenvalue weighted by atomic mass is 9.79. The van der Waals surface area contributed by atoms with E-state index in [2.05, 4.69) is 116 Å². The van der Waals surface area contributed by atoms with Crippen LogP contribution in [-0.4, -0.2) is 30.1 Å². The molecular weight excluding hydrogens is 422 g/mol. The first-order chi connectivity index (χ1) is 16.0. The summed E-state index contributed by atoms with van der Waals surface area (Å²) in [6.45, 7) is 11.1. The van der Waals surface area contributed by atoms with Crippen LogP contribution < -0.4 is 0 Å². The van der Waals surface area contributed by atoms with Crippen molar-refractivity contribution in [2.75, 3.05) is 0 Å². The lowest BCUT2D eigenvalue weighted by Crippen LogP contribution is -2.54. The summed E-state index contributed by atoms with van der Waals surface area (Å²) in [5.74, 6) is 1.08. The Bertz CT molecular complexity index is 1060. The molecule has 0 N–H and O–H groups in total. The number of fused-ring (bicyclic) bond motifs is 1. The number of hydrazone groups is 1. The third kappa shape index (κ3) is 4.35. The quantitative estimate of drug-likeness (QED) is 0.406. The van der Waals surface area contributed by atoms with Crippen molar-refractivity contribution in [3.8, 4) is 0 Å². The second kappa shape index (κ2) is 8.80. The number of hydrogen-bond acceptors (Lipinski definition) is 4. The van der Waals surface area contributed by atoms with Crippen LogP contribution in [0.4, 0.5) is 0 Å². The molecule has 2 radical (unpaired) electrons. The van der Waals surface area contributed by atoms with Gasteiger partial charge in [0.2, 0.25) is 6.67 Å². The molecule has 4 nitrogen and oxygen atoms in total. The largest absolute Gasteiger partial charge is 0.402 e. The third-order valence-electron chi connectivity index (χ3n) is 6.21.